The van der Waals surface area contributed by atoms with E-state index in [-0.39, 0.29) is 22.9 Å². The zero-order valence-electron chi connectivity index (χ0n) is 6.82. The minimum atomic E-state index is -0.686. The number of rotatable bonds is 1. The largest absolute Gasteiger partial charge is 0.457 e. The van der Waals surface area contributed by atoms with E-state index in [0.29, 0.717) is 5.56 Å². The molecule has 0 bridgehead atoms. The van der Waals surface area contributed by atoms with E-state index in [9.17, 15) is 14.9 Å². The Labute approximate surface area is 83.4 Å². The molecule has 1 heterocycles. The topological polar surface area (TPSA) is 69.4 Å². The van der Waals surface area contributed by atoms with Crippen LogP contribution in [0.25, 0.3) is 0 Å². The lowest BCUT2D eigenvalue weighted by Gasteiger charge is -1.98. The van der Waals surface area contributed by atoms with Crippen LogP contribution in [-0.2, 0) is 11.3 Å². The molecule has 0 aliphatic carbocycles. The Morgan fingerprint density at radius 3 is 2.86 bits per heavy atom. The standard InChI is InChI=1S/C8H4ClNO4/c9-5-2-1-4-3-14-8(11)6(4)7(5)10(12)13/h1-2H,3H2. The van der Waals surface area contributed by atoms with Crippen LogP contribution >= 0.6 is 11.6 Å². The molecular formula is C8H4ClNO4. The number of cyclic esters (lactones) is 1. The molecule has 72 valence electrons. The number of nitro groups is 1. The summed E-state index contributed by atoms with van der Waals surface area (Å²) in [6, 6.07) is 2.94. The molecule has 0 unspecified atom stereocenters. The summed E-state index contributed by atoms with van der Waals surface area (Å²) in [6.07, 6.45) is 0. The molecule has 0 N–H and O–H groups in total. The zero-order chi connectivity index (χ0) is 10.3. The van der Waals surface area contributed by atoms with Gasteiger partial charge in [-0.3, -0.25) is 10.1 Å². The van der Waals surface area contributed by atoms with Gasteiger partial charge in [-0.1, -0.05) is 17.7 Å². The maximum absolute atomic E-state index is 11.2. The van der Waals surface area contributed by atoms with E-state index in [2.05, 4.69) is 4.74 Å². The number of nitro benzene ring substituents is 1. The molecule has 2 rings (SSSR count). The van der Waals surface area contributed by atoms with Gasteiger partial charge < -0.3 is 4.74 Å². The van der Waals surface area contributed by atoms with Crippen molar-refractivity contribution in [2.24, 2.45) is 0 Å². The summed E-state index contributed by atoms with van der Waals surface area (Å²) in [5, 5.41) is 10.6. The van der Waals surface area contributed by atoms with E-state index < -0.39 is 10.9 Å². The minimum absolute atomic E-state index is 0.0255. The van der Waals surface area contributed by atoms with E-state index >= 15 is 0 Å². The van der Waals surface area contributed by atoms with Crippen molar-refractivity contribution in [2.45, 2.75) is 6.61 Å². The van der Waals surface area contributed by atoms with Crippen molar-refractivity contribution >= 4 is 23.3 Å². The predicted molar refractivity (Wildman–Crippen MR) is 47.2 cm³/mol. The first kappa shape index (κ1) is 8.96. The Kier molecular flexibility index (Phi) is 1.89. The second kappa shape index (κ2) is 2.95. The van der Waals surface area contributed by atoms with Gasteiger partial charge in [0.25, 0.3) is 0 Å². The Balaban J connectivity index is 2.74. The number of carbonyl (C=O) groups excluding carboxylic acids is 1. The lowest BCUT2D eigenvalue weighted by Crippen LogP contribution is -2.01. The highest BCUT2D eigenvalue weighted by Crippen LogP contribution is 2.34. The van der Waals surface area contributed by atoms with Crippen LogP contribution in [0.5, 0.6) is 0 Å². The van der Waals surface area contributed by atoms with Crippen LogP contribution in [0.1, 0.15) is 15.9 Å². The van der Waals surface area contributed by atoms with Gasteiger partial charge in [0.1, 0.15) is 17.2 Å². The summed E-state index contributed by atoms with van der Waals surface area (Å²) < 4.78 is 4.67. The molecule has 0 aromatic heterocycles. The number of nitrogens with zero attached hydrogens (tertiary/aromatic N) is 1. The quantitative estimate of drug-likeness (QED) is 0.406. The number of carbonyl (C=O) groups is 1. The van der Waals surface area contributed by atoms with Gasteiger partial charge in [0.05, 0.1) is 4.92 Å². The van der Waals surface area contributed by atoms with Gasteiger partial charge in [0.15, 0.2) is 0 Å². The van der Waals surface area contributed by atoms with Gasteiger partial charge in [-0.15, -0.1) is 0 Å². The highest BCUT2D eigenvalue weighted by molar-refractivity contribution is 6.33. The van der Waals surface area contributed by atoms with Crippen molar-refractivity contribution in [3.63, 3.8) is 0 Å². The van der Waals surface area contributed by atoms with Crippen molar-refractivity contribution in [2.75, 3.05) is 0 Å². The second-order valence-electron chi connectivity index (χ2n) is 2.76. The average molecular weight is 214 g/mol. The van der Waals surface area contributed by atoms with Gasteiger partial charge in [-0.25, -0.2) is 4.79 Å². The molecule has 1 aromatic carbocycles. The third kappa shape index (κ3) is 1.13. The van der Waals surface area contributed by atoms with Crippen LogP contribution in [0.2, 0.25) is 5.02 Å². The van der Waals surface area contributed by atoms with Gasteiger partial charge in [-0.05, 0) is 6.07 Å². The summed E-state index contributed by atoms with van der Waals surface area (Å²) in [4.78, 5) is 21.1. The van der Waals surface area contributed by atoms with E-state index in [4.69, 9.17) is 11.6 Å². The zero-order valence-corrected chi connectivity index (χ0v) is 7.58. The molecule has 5 nitrogen and oxygen atoms in total. The fraction of sp³-hybridized carbons (Fsp3) is 0.125. The fourth-order valence-electron chi connectivity index (χ4n) is 1.35. The SMILES string of the molecule is O=C1OCc2ccc(Cl)c([N+](=O)[O-])c21. The Morgan fingerprint density at radius 1 is 1.50 bits per heavy atom. The molecule has 6 heteroatoms. The van der Waals surface area contributed by atoms with Crippen molar-refractivity contribution in [3.05, 3.63) is 38.4 Å². The Morgan fingerprint density at radius 2 is 2.21 bits per heavy atom. The highest BCUT2D eigenvalue weighted by atomic mass is 35.5. The van der Waals surface area contributed by atoms with Crippen LogP contribution in [-0.4, -0.2) is 10.9 Å². The van der Waals surface area contributed by atoms with Crippen LogP contribution in [0.4, 0.5) is 5.69 Å². The normalized spacial score (nSPS) is 13.6. The molecular weight excluding hydrogens is 210 g/mol. The van der Waals surface area contributed by atoms with Crippen LogP contribution < -0.4 is 0 Å². The van der Waals surface area contributed by atoms with E-state index in [1.54, 1.807) is 6.07 Å². The molecule has 0 saturated heterocycles. The molecule has 1 aliphatic rings. The summed E-state index contributed by atoms with van der Waals surface area (Å²) in [5.41, 5.74) is 0.111. The minimum Gasteiger partial charge on any atom is -0.457 e. The summed E-state index contributed by atoms with van der Waals surface area (Å²) >= 11 is 5.62. The molecule has 0 fully saturated rings. The first-order valence-electron chi connectivity index (χ1n) is 3.74. The number of hydrogen-bond donors (Lipinski definition) is 0. The second-order valence-corrected chi connectivity index (χ2v) is 3.17. The monoisotopic (exact) mass is 213 g/mol. The lowest BCUT2D eigenvalue weighted by molar-refractivity contribution is -0.385. The maximum Gasteiger partial charge on any atom is 0.345 e. The van der Waals surface area contributed by atoms with E-state index in [1.807, 2.05) is 0 Å². The molecule has 0 radical (unpaired) electrons. The van der Waals surface area contributed by atoms with Crippen molar-refractivity contribution in [1.29, 1.82) is 0 Å². The predicted octanol–water partition coefficient (Wildman–Crippen LogP) is 1.92. The van der Waals surface area contributed by atoms with Crippen molar-refractivity contribution in [3.8, 4) is 0 Å². The molecule has 0 amide bonds. The van der Waals surface area contributed by atoms with E-state index in [0.717, 1.165) is 0 Å². The number of ether oxygens (including phenoxy) is 1. The summed E-state index contributed by atoms with van der Waals surface area (Å²) in [6.45, 7) is 0.0756. The Hall–Kier alpha value is -1.62. The molecule has 0 spiro atoms. The lowest BCUT2D eigenvalue weighted by atomic mass is 10.1. The molecule has 14 heavy (non-hydrogen) atoms. The molecule has 1 aliphatic heterocycles. The number of esters is 1. The first-order valence-corrected chi connectivity index (χ1v) is 4.12. The van der Waals surface area contributed by atoms with Crippen LogP contribution in [0.3, 0.4) is 0 Å². The average Bonchev–Trinajstić information content (AvgIpc) is 2.47. The number of halogens is 1. The molecule has 0 atom stereocenters. The van der Waals surface area contributed by atoms with Crippen molar-refractivity contribution in [1.82, 2.24) is 0 Å². The number of fused-ring (bicyclic) bond motifs is 1. The summed E-state index contributed by atoms with van der Waals surface area (Å²) in [5.74, 6) is -0.686. The molecule has 1 aromatic rings. The van der Waals surface area contributed by atoms with Gasteiger partial charge in [0, 0.05) is 5.56 Å². The third-order valence-corrected chi connectivity index (χ3v) is 2.27. The van der Waals surface area contributed by atoms with Gasteiger partial charge >= 0.3 is 11.7 Å². The Bertz CT molecular complexity index is 443. The maximum atomic E-state index is 11.2. The van der Waals surface area contributed by atoms with Crippen molar-refractivity contribution < 1.29 is 14.5 Å². The highest BCUT2D eigenvalue weighted by Gasteiger charge is 2.33. The van der Waals surface area contributed by atoms with Gasteiger partial charge in [-0.2, -0.15) is 0 Å². The van der Waals surface area contributed by atoms with Crippen LogP contribution in [0, 0.1) is 10.1 Å². The van der Waals surface area contributed by atoms with Crippen LogP contribution in [0.15, 0.2) is 12.1 Å². The van der Waals surface area contributed by atoms with Gasteiger partial charge in [0.2, 0.25) is 0 Å². The third-order valence-electron chi connectivity index (χ3n) is 1.96. The fourth-order valence-corrected chi connectivity index (χ4v) is 1.58. The first-order chi connectivity index (χ1) is 6.61. The number of benzene rings is 1. The number of hydrogen-bond acceptors (Lipinski definition) is 4. The smallest absolute Gasteiger partial charge is 0.345 e. The molecule has 0 saturated carbocycles. The summed E-state index contributed by atoms with van der Waals surface area (Å²) in [7, 11) is 0. The van der Waals surface area contributed by atoms with E-state index in [1.165, 1.54) is 6.07 Å².